The van der Waals surface area contributed by atoms with Crippen molar-refractivity contribution in [2.75, 3.05) is 0 Å². The first-order valence-electron chi connectivity index (χ1n) is 9.74. The number of aliphatic hydroxyl groups is 1. The minimum atomic E-state index is -0.701. The van der Waals surface area contributed by atoms with Crippen LogP contribution in [-0.4, -0.2) is 14.7 Å². The summed E-state index contributed by atoms with van der Waals surface area (Å²) in [6, 6.07) is 0. The molecule has 0 radical (unpaired) electrons. The van der Waals surface area contributed by atoms with Crippen LogP contribution in [0.3, 0.4) is 0 Å². The van der Waals surface area contributed by atoms with E-state index >= 15 is 0 Å². The summed E-state index contributed by atoms with van der Waals surface area (Å²) in [6.45, 7) is 24.0. The topological polar surface area (TPSA) is 38.1 Å². The second kappa shape index (κ2) is 22.3. The monoisotopic (exact) mass is 392 g/mol. The molecule has 0 fully saturated rings. The fraction of sp³-hybridized carbons (Fsp3) is 0.435. The van der Waals surface area contributed by atoms with Gasteiger partial charge in [0, 0.05) is 11.4 Å². The van der Waals surface area contributed by atoms with E-state index in [1.807, 2.05) is 90.3 Å². The molecule has 1 heterocycles. The highest BCUT2D eigenvalue weighted by molar-refractivity contribution is 8.05. The third-order valence-corrected chi connectivity index (χ3v) is 3.81. The predicted octanol–water partition coefficient (Wildman–Crippen LogP) is 7.46. The molecule has 1 unspecified atom stereocenters. The van der Waals surface area contributed by atoms with Gasteiger partial charge in [0.05, 0.1) is 18.2 Å². The fourth-order valence-corrected chi connectivity index (χ4v) is 2.40. The van der Waals surface area contributed by atoms with Crippen molar-refractivity contribution >= 4 is 11.8 Å². The molecular formula is C23H40N2OS. The Hall–Kier alpha value is -1.78. The minimum absolute atomic E-state index is 0.621. The smallest absolute Gasteiger partial charge is 0.126 e. The molecule has 1 aromatic rings. The van der Waals surface area contributed by atoms with E-state index in [0.717, 1.165) is 16.2 Å². The SMILES string of the molecule is C=CS/C(=C\C)C(O)c1cncn1C/C(C=C)=C/C=C\C.CC.CC.CC. The van der Waals surface area contributed by atoms with Crippen molar-refractivity contribution < 1.29 is 5.11 Å². The van der Waals surface area contributed by atoms with E-state index in [2.05, 4.69) is 18.1 Å². The van der Waals surface area contributed by atoms with Crippen molar-refractivity contribution in [3.8, 4) is 0 Å². The standard InChI is InChI=1S/C17H22N2OS.3C2H6/c1-5-9-10-14(6-2)12-19-13-18-11-15(19)17(20)16(7-3)21-8-4;3*1-2/h5-11,13,17,20H,2,4,12H2,1,3H3;3*1-2H3/b9-5-,14-10+,16-7-;;;. The maximum Gasteiger partial charge on any atom is 0.126 e. The van der Waals surface area contributed by atoms with Crippen molar-refractivity contribution in [1.29, 1.82) is 0 Å². The van der Waals surface area contributed by atoms with Crippen LogP contribution in [0.15, 0.2) is 71.9 Å². The number of aliphatic hydroxyl groups excluding tert-OH is 1. The highest BCUT2D eigenvalue weighted by atomic mass is 32.2. The van der Waals surface area contributed by atoms with Gasteiger partial charge < -0.3 is 9.67 Å². The van der Waals surface area contributed by atoms with Gasteiger partial charge in [0.15, 0.2) is 0 Å². The molecule has 0 saturated heterocycles. The van der Waals surface area contributed by atoms with Gasteiger partial charge in [-0.1, -0.05) is 85.1 Å². The molecular weight excluding hydrogens is 352 g/mol. The van der Waals surface area contributed by atoms with E-state index in [1.165, 1.54) is 11.8 Å². The van der Waals surface area contributed by atoms with Crippen molar-refractivity contribution in [2.24, 2.45) is 0 Å². The van der Waals surface area contributed by atoms with Crippen LogP contribution < -0.4 is 0 Å². The van der Waals surface area contributed by atoms with Crippen molar-refractivity contribution in [1.82, 2.24) is 9.55 Å². The quantitative estimate of drug-likeness (QED) is 0.466. The van der Waals surface area contributed by atoms with Crippen LogP contribution in [0.4, 0.5) is 0 Å². The number of hydrogen-bond donors (Lipinski definition) is 1. The Morgan fingerprint density at radius 2 is 1.78 bits per heavy atom. The fourth-order valence-electron chi connectivity index (χ4n) is 1.82. The van der Waals surface area contributed by atoms with Gasteiger partial charge in [-0.2, -0.15) is 0 Å². The Balaban J connectivity index is -0.000000869. The van der Waals surface area contributed by atoms with Gasteiger partial charge in [0.2, 0.25) is 0 Å². The lowest BCUT2D eigenvalue weighted by Gasteiger charge is -2.16. The molecule has 0 aliphatic heterocycles. The highest BCUT2D eigenvalue weighted by Crippen LogP contribution is 2.31. The second-order valence-corrected chi connectivity index (χ2v) is 5.34. The summed E-state index contributed by atoms with van der Waals surface area (Å²) in [5, 5.41) is 12.2. The zero-order valence-corrected chi connectivity index (χ0v) is 19.4. The molecule has 1 atom stereocenters. The molecule has 0 amide bonds. The molecule has 0 bridgehead atoms. The van der Waals surface area contributed by atoms with Crippen LogP contribution in [0.1, 0.15) is 67.2 Å². The number of nitrogens with zero attached hydrogens (tertiary/aromatic N) is 2. The minimum Gasteiger partial charge on any atom is -0.382 e. The molecule has 154 valence electrons. The summed E-state index contributed by atoms with van der Waals surface area (Å²) < 4.78 is 1.93. The molecule has 0 aromatic carbocycles. The summed E-state index contributed by atoms with van der Waals surface area (Å²) >= 11 is 1.42. The third kappa shape index (κ3) is 12.3. The first kappa shape index (κ1) is 30.0. The van der Waals surface area contributed by atoms with E-state index in [0.29, 0.717) is 6.54 Å². The predicted molar refractivity (Wildman–Crippen MR) is 126 cm³/mol. The normalized spacial score (nSPS) is 11.9. The van der Waals surface area contributed by atoms with Crippen LogP contribution in [0, 0.1) is 0 Å². The van der Waals surface area contributed by atoms with Crippen molar-refractivity contribution in [3.05, 3.63) is 77.6 Å². The molecule has 1 aromatic heterocycles. The number of aromatic nitrogens is 2. The lowest BCUT2D eigenvalue weighted by molar-refractivity contribution is 0.215. The molecule has 27 heavy (non-hydrogen) atoms. The Kier molecular flexibility index (Phi) is 24.7. The van der Waals surface area contributed by atoms with Crippen molar-refractivity contribution in [2.45, 2.75) is 68.0 Å². The molecule has 3 nitrogen and oxygen atoms in total. The lowest BCUT2D eigenvalue weighted by Crippen LogP contribution is -2.09. The van der Waals surface area contributed by atoms with Gasteiger partial charge in [-0.15, -0.1) is 11.8 Å². The number of allylic oxidation sites excluding steroid dienone is 6. The number of thioether (sulfide) groups is 1. The van der Waals surface area contributed by atoms with Crippen molar-refractivity contribution in [3.63, 3.8) is 0 Å². The van der Waals surface area contributed by atoms with Crippen LogP contribution in [0.25, 0.3) is 0 Å². The highest BCUT2D eigenvalue weighted by Gasteiger charge is 2.17. The van der Waals surface area contributed by atoms with Gasteiger partial charge in [-0.05, 0) is 24.8 Å². The van der Waals surface area contributed by atoms with Gasteiger partial charge in [-0.3, -0.25) is 0 Å². The Bertz CT molecular complexity index is 569. The van der Waals surface area contributed by atoms with Gasteiger partial charge >= 0.3 is 0 Å². The van der Waals surface area contributed by atoms with Gasteiger partial charge in [0.25, 0.3) is 0 Å². The molecule has 1 N–H and O–H groups in total. The molecule has 0 aliphatic rings. The zero-order chi connectivity index (χ0) is 21.7. The van der Waals surface area contributed by atoms with Gasteiger partial charge in [0.1, 0.15) is 6.10 Å². The molecule has 0 spiro atoms. The molecule has 1 rings (SSSR count). The Morgan fingerprint density at radius 1 is 1.19 bits per heavy atom. The number of hydrogen-bond acceptors (Lipinski definition) is 3. The van der Waals surface area contributed by atoms with Crippen LogP contribution >= 0.6 is 11.8 Å². The van der Waals surface area contributed by atoms with E-state index < -0.39 is 6.10 Å². The maximum absolute atomic E-state index is 10.5. The zero-order valence-electron chi connectivity index (χ0n) is 18.6. The maximum atomic E-state index is 10.5. The van der Waals surface area contributed by atoms with Crippen LogP contribution in [0.2, 0.25) is 0 Å². The summed E-state index contributed by atoms with van der Waals surface area (Å²) in [5.74, 6) is 0. The van der Waals surface area contributed by atoms with Crippen LogP contribution in [0.5, 0.6) is 0 Å². The number of imidazole rings is 1. The summed E-state index contributed by atoms with van der Waals surface area (Å²) in [5.41, 5.74) is 1.81. The largest absolute Gasteiger partial charge is 0.382 e. The van der Waals surface area contributed by atoms with Gasteiger partial charge in [-0.25, -0.2) is 4.98 Å². The lowest BCUT2D eigenvalue weighted by atomic mass is 10.2. The molecule has 0 aliphatic carbocycles. The first-order valence-corrected chi connectivity index (χ1v) is 10.6. The van der Waals surface area contributed by atoms with E-state index in [1.54, 1.807) is 17.9 Å². The summed E-state index contributed by atoms with van der Waals surface area (Å²) in [6.07, 6.45) is 12.3. The molecule has 4 heteroatoms. The van der Waals surface area contributed by atoms with E-state index in [-0.39, 0.29) is 0 Å². The second-order valence-electron chi connectivity index (χ2n) is 4.30. The Labute approximate surface area is 172 Å². The molecule has 0 saturated carbocycles. The average Bonchev–Trinajstić information content (AvgIpc) is 3.21. The van der Waals surface area contributed by atoms with E-state index in [9.17, 15) is 5.11 Å². The van der Waals surface area contributed by atoms with Crippen LogP contribution in [-0.2, 0) is 6.54 Å². The Morgan fingerprint density at radius 3 is 2.22 bits per heavy atom. The van der Waals surface area contributed by atoms with E-state index in [4.69, 9.17) is 0 Å². The third-order valence-electron chi connectivity index (χ3n) is 2.92. The average molecular weight is 393 g/mol. The first-order chi connectivity index (χ1) is 13.2. The summed E-state index contributed by atoms with van der Waals surface area (Å²) in [7, 11) is 0. The number of rotatable bonds is 8. The summed E-state index contributed by atoms with van der Waals surface area (Å²) in [4.78, 5) is 4.99.